The van der Waals surface area contributed by atoms with Crippen molar-refractivity contribution in [3.05, 3.63) is 35.5 Å². The Bertz CT molecular complexity index is 539. The maximum Gasteiger partial charge on any atom is 0.416 e. The van der Waals surface area contributed by atoms with E-state index in [9.17, 15) is 18.3 Å². The molecule has 0 bridgehead atoms. The number of aliphatic hydroxyl groups excluding tert-OH is 1. The van der Waals surface area contributed by atoms with Crippen LogP contribution in [-0.4, -0.2) is 20.1 Å². The average molecular weight is 271 g/mol. The van der Waals surface area contributed by atoms with Crippen LogP contribution in [0.5, 0.6) is 0 Å². The van der Waals surface area contributed by atoms with Crippen LogP contribution < -0.4 is 0 Å². The Hall–Kier alpha value is -1.89. The molecule has 0 radical (unpaired) electrons. The van der Waals surface area contributed by atoms with Gasteiger partial charge in [-0.2, -0.15) is 13.2 Å². The number of hydrogen-bond donors (Lipinski definition) is 1. The minimum Gasteiger partial charge on any atom is -0.390 e. The molecule has 2 rings (SSSR count). The van der Waals surface area contributed by atoms with Crippen molar-refractivity contribution in [2.75, 3.05) is 0 Å². The van der Waals surface area contributed by atoms with Crippen molar-refractivity contribution in [1.82, 2.24) is 15.0 Å². The lowest BCUT2D eigenvalue weighted by molar-refractivity contribution is -0.137. The van der Waals surface area contributed by atoms with Crippen LogP contribution in [0, 0.1) is 0 Å². The molecule has 2 aromatic rings. The SMILES string of the molecule is CCn1nnc(CO)c1-c1ccc(C(F)(F)F)cc1. The van der Waals surface area contributed by atoms with Gasteiger partial charge in [0.2, 0.25) is 0 Å². The van der Waals surface area contributed by atoms with Gasteiger partial charge in [0.05, 0.1) is 17.9 Å². The lowest BCUT2D eigenvalue weighted by Crippen LogP contribution is -2.05. The zero-order chi connectivity index (χ0) is 14.0. The van der Waals surface area contributed by atoms with Gasteiger partial charge in [-0.1, -0.05) is 17.3 Å². The van der Waals surface area contributed by atoms with Crippen molar-refractivity contribution in [2.24, 2.45) is 0 Å². The summed E-state index contributed by atoms with van der Waals surface area (Å²) in [6, 6.07) is 4.71. The van der Waals surface area contributed by atoms with E-state index in [0.29, 0.717) is 23.5 Å². The molecule has 0 amide bonds. The summed E-state index contributed by atoms with van der Waals surface area (Å²) in [6.07, 6.45) is -4.36. The quantitative estimate of drug-likeness (QED) is 0.933. The summed E-state index contributed by atoms with van der Waals surface area (Å²) in [5.41, 5.74) is 0.724. The summed E-state index contributed by atoms with van der Waals surface area (Å²) >= 11 is 0. The molecule has 102 valence electrons. The van der Waals surface area contributed by atoms with Crippen molar-refractivity contribution in [3.63, 3.8) is 0 Å². The molecule has 0 spiro atoms. The molecule has 7 heteroatoms. The molecule has 19 heavy (non-hydrogen) atoms. The zero-order valence-corrected chi connectivity index (χ0v) is 10.1. The van der Waals surface area contributed by atoms with Crippen molar-refractivity contribution < 1.29 is 18.3 Å². The van der Waals surface area contributed by atoms with E-state index in [0.717, 1.165) is 12.1 Å². The van der Waals surface area contributed by atoms with E-state index in [1.807, 2.05) is 6.92 Å². The van der Waals surface area contributed by atoms with Crippen LogP contribution in [0.4, 0.5) is 13.2 Å². The van der Waals surface area contributed by atoms with Gasteiger partial charge < -0.3 is 5.11 Å². The molecule has 1 aromatic carbocycles. The van der Waals surface area contributed by atoms with E-state index >= 15 is 0 Å². The summed E-state index contributed by atoms with van der Waals surface area (Å²) in [5.74, 6) is 0. The maximum atomic E-state index is 12.5. The third-order valence-corrected chi connectivity index (χ3v) is 2.74. The number of aromatic nitrogens is 3. The highest BCUT2D eigenvalue weighted by Gasteiger charge is 2.30. The number of hydrogen-bond acceptors (Lipinski definition) is 3. The third-order valence-electron chi connectivity index (χ3n) is 2.74. The highest BCUT2D eigenvalue weighted by molar-refractivity contribution is 5.62. The molecular weight excluding hydrogens is 259 g/mol. The first kappa shape index (κ1) is 13.5. The minimum absolute atomic E-state index is 0.309. The molecule has 0 atom stereocenters. The molecule has 0 saturated heterocycles. The van der Waals surface area contributed by atoms with Crippen molar-refractivity contribution in [2.45, 2.75) is 26.3 Å². The summed E-state index contributed by atoms with van der Waals surface area (Å²) < 4.78 is 39.0. The fraction of sp³-hybridized carbons (Fsp3) is 0.333. The molecule has 1 N–H and O–H groups in total. The number of alkyl halides is 3. The first-order chi connectivity index (χ1) is 8.97. The molecule has 0 aliphatic heterocycles. The Balaban J connectivity index is 2.45. The van der Waals surface area contributed by atoms with Gasteiger partial charge in [0.1, 0.15) is 5.69 Å². The van der Waals surface area contributed by atoms with Crippen LogP contribution in [-0.2, 0) is 19.3 Å². The number of benzene rings is 1. The number of nitrogens with zero attached hydrogens (tertiary/aromatic N) is 3. The molecule has 0 saturated carbocycles. The molecular formula is C12H12F3N3O. The van der Waals surface area contributed by atoms with E-state index < -0.39 is 11.7 Å². The van der Waals surface area contributed by atoms with Crippen LogP contribution in [0.3, 0.4) is 0 Å². The van der Waals surface area contributed by atoms with Gasteiger partial charge in [0.25, 0.3) is 0 Å². The van der Waals surface area contributed by atoms with Gasteiger partial charge in [0.15, 0.2) is 0 Å². The van der Waals surface area contributed by atoms with Crippen LogP contribution in [0.2, 0.25) is 0 Å². The topological polar surface area (TPSA) is 50.9 Å². The number of aryl methyl sites for hydroxylation is 1. The average Bonchev–Trinajstić information content (AvgIpc) is 2.80. The van der Waals surface area contributed by atoms with Crippen LogP contribution in [0.15, 0.2) is 24.3 Å². The van der Waals surface area contributed by atoms with Gasteiger partial charge in [-0.3, -0.25) is 0 Å². The Morgan fingerprint density at radius 2 is 1.84 bits per heavy atom. The lowest BCUT2D eigenvalue weighted by Gasteiger charge is -2.09. The minimum atomic E-state index is -4.36. The van der Waals surface area contributed by atoms with E-state index in [2.05, 4.69) is 10.3 Å². The summed E-state index contributed by atoms with van der Waals surface area (Å²) in [4.78, 5) is 0. The van der Waals surface area contributed by atoms with Crippen molar-refractivity contribution in [1.29, 1.82) is 0 Å². The van der Waals surface area contributed by atoms with E-state index in [-0.39, 0.29) is 6.61 Å². The Kier molecular flexibility index (Phi) is 3.57. The first-order valence-electron chi connectivity index (χ1n) is 5.68. The van der Waals surface area contributed by atoms with Crippen molar-refractivity contribution >= 4 is 0 Å². The predicted octanol–water partition coefficient (Wildman–Crippen LogP) is 2.48. The first-order valence-corrected chi connectivity index (χ1v) is 5.68. The largest absolute Gasteiger partial charge is 0.416 e. The normalized spacial score (nSPS) is 11.8. The second-order valence-corrected chi connectivity index (χ2v) is 3.93. The number of aliphatic hydroxyl groups is 1. The van der Waals surface area contributed by atoms with Gasteiger partial charge in [0, 0.05) is 12.1 Å². The monoisotopic (exact) mass is 271 g/mol. The van der Waals surface area contributed by atoms with Crippen LogP contribution in [0.25, 0.3) is 11.3 Å². The summed E-state index contributed by atoms with van der Waals surface area (Å²) in [6.45, 7) is 2.04. The van der Waals surface area contributed by atoms with Crippen LogP contribution in [0.1, 0.15) is 18.2 Å². The third kappa shape index (κ3) is 2.60. The standard InChI is InChI=1S/C12H12F3N3O/c1-2-18-11(10(7-19)16-17-18)8-3-5-9(6-4-8)12(13,14)15/h3-6,19H,2,7H2,1H3. The van der Waals surface area contributed by atoms with E-state index in [4.69, 9.17) is 0 Å². The van der Waals surface area contributed by atoms with E-state index in [1.54, 1.807) is 0 Å². The van der Waals surface area contributed by atoms with Gasteiger partial charge in [-0.25, -0.2) is 4.68 Å². The number of halogens is 3. The van der Waals surface area contributed by atoms with Gasteiger partial charge in [-0.15, -0.1) is 5.10 Å². The summed E-state index contributed by atoms with van der Waals surface area (Å²) in [5, 5.41) is 16.8. The zero-order valence-electron chi connectivity index (χ0n) is 10.1. The molecule has 1 aromatic heterocycles. The smallest absolute Gasteiger partial charge is 0.390 e. The highest BCUT2D eigenvalue weighted by Crippen LogP contribution is 2.31. The predicted molar refractivity (Wildman–Crippen MR) is 62.1 cm³/mol. The molecule has 1 heterocycles. The Labute approximate surface area is 107 Å². The molecule has 0 aliphatic carbocycles. The molecule has 4 nitrogen and oxygen atoms in total. The molecule has 0 unspecified atom stereocenters. The fourth-order valence-corrected chi connectivity index (χ4v) is 1.81. The number of rotatable bonds is 3. The highest BCUT2D eigenvalue weighted by atomic mass is 19.4. The Morgan fingerprint density at radius 1 is 1.21 bits per heavy atom. The Morgan fingerprint density at radius 3 is 2.32 bits per heavy atom. The molecule has 0 fully saturated rings. The maximum absolute atomic E-state index is 12.5. The van der Waals surface area contributed by atoms with Gasteiger partial charge in [-0.05, 0) is 19.1 Å². The van der Waals surface area contributed by atoms with Crippen molar-refractivity contribution in [3.8, 4) is 11.3 Å². The van der Waals surface area contributed by atoms with E-state index in [1.165, 1.54) is 16.8 Å². The van der Waals surface area contributed by atoms with Crippen LogP contribution >= 0.6 is 0 Å². The van der Waals surface area contributed by atoms with Gasteiger partial charge >= 0.3 is 6.18 Å². The lowest BCUT2D eigenvalue weighted by atomic mass is 10.1. The second kappa shape index (κ2) is 5.00. The summed E-state index contributed by atoms with van der Waals surface area (Å²) in [7, 11) is 0. The second-order valence-electron chi connectivity index (χ2n) is 3.93. The fourth-order valence-electron chi connectivity index (χ4n) is 1.81. The molecule has 0 aliphatic rings.